The van der Waals surface area contributed by atoms with Crippen LogP contribution in [0.2, 0.25) is 5.15 Å². The number of hydrogen-bond acceptors (Lipinski definition) is 3. The minimum absolute atomic E-state index is 0.355. The van der Waals surface area contributed by atoms with Crippen molar-refractivity contribution in [3.8, 4) is 6.07 Å². The molecule has 0 saturated heterocycles. The van der Waals surface area contributed by atoms with E-state index in [1.165, 1.54) is 0 Å². The van der Waals surface area contributed by atoms with Crippen LogP contribution in [0.1, 0.15) is 24.8 Å². The Kier molecular flexibility index (Phi) is 3.43. The molecule has 1 aliphatic rings. The molecular formula is C12H12ClN3. The predicted molar refractivity (Wildman–Crippen MR) is 64.4 cm³/mol. The topological polar surface area (TPSA) is 48.7 Å². The predicted octanol–water partition coefficient (Wildman–Crippen LogP) is 3.13. The third-order valence-corrected chi connectivity index (χ3v) is 2.74. The van der Waals surface area contributed by atoms with Gasteiger partial charge in [0.25, 0.3) is 0 Å². The first kappa shape index (κ1) is 11.0. The zero-order chi connectivity index (χ0) is 11.4. The normalized spacial score (nSPS) is 19.1. The van der Waals surface area contributed by atoms with E-state index in [1.54, 1.807) is 12.1 Å². The summed E-state index contributed by atoms with van der Waals surface area (Å²) in [7, 11) is 0. The Balaban J connectivity index is 2.12. The van der Waals surface area contributed by atoms with Gasteiger partial charge in [-0.25, -0.2) is 4.98 Å². The zero-order valence-electron chi connectivity index (χ0n) is 8.78. The third-order valence-electron chi connectivity index (χ3n) is 2.54. The van der Waals surface area contributed by atoms with Crippen LogP contribution in [0.3, 0.4) is 0 Å². The maximum atomic E-state index is 8.82. The standard InChI is InChI=1S/C12H12ClN3/c13-11-6-9(8-14)7-12(16-11)15-10-4-2-1-3-5-10/h1-2,6-7,10H,3-5H2,(H,15,16). The first-order valence-corrected chi connectivity index (χ1v) is 5.65. The van der Waals surface area contributed by atoms with Crippen molar-refractivity contribution in [2.24, 2.45) is 0 Å². The lowest BCUT2D eigenvalue weighted by atomic mass is 10.0. The second-order valence-electron chi connectivity index (χ2n) is 3.80. The minimum Gasteiger partial charge on any atom is -0.367 e. The number of hydrogen-bond donors (Lipinski definition) is 1. The van der Waals surface area contributed by atoms with Crippen LogP contribution in [-0.4, -0.2) is 11.0 Å². The molecule has 82 valence electrons. The molecule has 1 atom stereocenters. The first-order chi connectivity index (χ1) is 7.78. The van der Waals surface area contributed by atoms with Crippen LogP contribution in [0, 0.1) is 11.3 Å². The molecule has 0 amide bonds. The number of anilines is 1. The van der Waals surface area contributed by atoms with Crippen LogP contribution in [0.5, 0.6) is 0 Å². The molecule has 3 nitrogen and oxygen atoms in total. The smallest absolute Gasteiger partial charge is 0.132 e. The summed E-state index contributed by atoms with van der Waals surface area (Å²) in [6.45, 7) is 0. The van der Waals surface area contributed by atoms with Gasteiger partial charge < -0.3 is 5.32 Å². The largest absolute Gasteiger partial charge is 0.367 e. The van der Waals surface area contributed by atoms with Gasteiger partial charge in [0.2, 0.25) is 0 Å². The van der Waals surface area contributed by atoms with Gasteiger partial charge in [-0.05, 0) is 31.4 Å². The van der Waals surface area contributed by atoms with Gasteiger partial charge in [0.05, 0.1) is 11.6 Å². The molecule has 16 heavy (non-hydrogen) atoms. The van der Waals surface area contributed by atoms with Crippen LogP contribution in [0.25, 0.3) is 0 Å². The van der Waals surface area contributed by atoms with E-state index in [2.05, 4.69) is 28.5 Å². The molecule has 4 heteroatoms. The molecule has 0 aromatic carbocycles. The maximum Gasteiger partial charge on any atom is 0.132 e. The van der Waals surface area contributed by atoms with Crippen molar-refractivity contribution < 1.29 is 0 Å². The van der Waals surface area contributed by atoms with Gasteiger partial charge in [0, 0.05) is 6.04 Å². The highest BCUT2D eigenvalue weighted by Gasteiger charge is 2.10. The monoisotopic (exact) mass is 233 g/mol. The number of allylic oxidation sites excluding steroid dienone is 1. The lowest BCUT2D eigenvalue weighted by Crippen LogP contribution is -2.20. The second kappa shape index (κ2) is 5.00. The Hall–Kier alpha value is -1.53. The number of nitrogens with zero attached hydrogens (tertiary/aromatic N) is 2. The first-order valence-electron chi connectivity index (χ1n) is 5.27. The summed E-state index contributed by atoms with van der Waals surface area (Å²) < 4.78 is 0. The van der Waals surface area contributed by atoms with Gasteiger partial charge in [-0.1, -0.05) is 23.8 Å². The van der Waals surface area contributed by atoms with Crippen molar-refractivity contribution >= 4 is 17.4 Å². The van der Waals surface area contributed by atoms with Crippen molar-refractivity contribution in [1.29, 1.82) is 5.26 Å². The van der Waals surface area contributed by atoms with E-state index >= 15 is 0 Å². The van der Waals surface area contributed by atoms with E-state index in [0.29, 0.717) is 22.6 Å². The summed E-state index contributed by atoms with van der Waals surface area (Å²) in [6, 6.07) is 5.75. The molecule has 0 saturated carbocycles. The molecule has 1 aromatic heterocycles. The summed E-state index contributed by atoms with van der Waals surface area (Å²) in [6.07, 6.45) is 7.52. The van der Waals surface area contributed by atoms with Crippen molar-refractivity contribution in [2.75, 3.05) is 5.32 Å². The molecule has 0 spiro atoms. The molecule has 1 N–H and O–H groups in total. The second-order valence-corrected chi connectivity index (χ2v) is 4.19. The summed E-state index contributed by atoms with van der Waals surface area (Å²) in [5.41, 5.74) is 0.536. The molecule has 2 rings (SSSR count). The van der Waals surface area contributed by atoms with Crippen LogP contribution < -0.4 is 5.32 Å². The lowest BCUT2D eigenvalue weighted by Gasteiger charge is -2.19. The fraction of sp³-hybridized carbons (Fsp3) is 0.333. The third kappa shape index (κ3) is 2.74. The Morgan fingerprint density at radius 2 is 2.31 bits per heavy atom. The summed E-state index contributed by atoms with van der Waals surface area (Å²) >= 11 is 5.83. The van der Waals surface area contributed by atoms with Gasteiger partial charge in [-0.3, -0.25) is 0 Å². The van der Waals surface area contributed by atoms with Gasteiger partial charge in [-0.2, -0.15) is 5.26 Å². The van der Waals surface area contributed by atoms with Crippen molar-refractivity contribution in [1.82, 2.24) is 4.98 Å². The Bertz CT molecular complexity index is 448. The van der Waals surface area contributed by atoms with Gasteiger partial charge in [-0.15, -0.1) is 0 Å². The lowest BCUT2D eigenvalue weighted by molar-refractivity contribution is 0.642. The highest BCUT2D eigenvalue weighted by atomic mass is 35.5. The quantitative estimate of drug-likeness (QED) is 0.631. The summed E-state index contributed by atoms with van der Waals surface area (Å²) in [5.74, 6) is 0.685. The summed E-state index contributed by atoms with van der Waals surface area (Å²) in [4.78, 5) is 4.16. The number of nitriles is 1. The Labute approximate surface area is 99.8 Å². The number of aromatic nitrogens is 1. The molecular weight excluding hydrogens is 222 g/mol. The van der Waals surface area contributed by atoms with Gasteiger partial charge in [0.15, 0.2) is 0 Å². The molecule has 0 aliphatic heterocycles. The molecule has 1 unspecified atom stereocenters. The van der Waals surface area contributed by atoms with E-state index in [9.17, 15) is 0 Å². The van der Waals surface area contributed by atoms with Gasteiger partial charge >= 0.3 is 0 Å². The van der Waals surface area contributed by atoms with E-state index in [-0.39, 0.29) is 0 Å². The fourth-order valence-corrected chi connectivity index (χ4v) is 1.98. The average Bonchev–Trinajstić information content (AvgIpc) is 2.29. The van der Waals surface area contributed by atoms with E-state index < -0.39 is 0 Å². The van der Waals surface area contributed by atoms with Crippen LogP contribution in [0.4, 0.5) is 5.82 Å². The molecule has 0 radical (unpaired) electrons. The summed E-state index contributed by atoms with van der Waals surface area (Å²) in [5, 5.41) is 12.5. The molecule has 0 bridgehead atoms. The number of halogens is 1. The number of rotatable bonds is 2. The molecule has 1 aliphatic carbocycles. The van der Waals surface area contributed by atoms with E-state index in [0.717, 1.165) is 19.3 Å². The van der Waals surface area contributed by atoms with E-state index in [4.69, 9.17) is 16.9 Å². The highest BCUT2D eigenvalue weighted by molar-refractivity contribution is 6.29. The van der Waals surface area contributed by atoms with Crippen molar-refractivity contribution in [3.63, 3.8) is 0 Å². The minimum atomic E-state index is 0.355. The molecule has 0 fully saturated rings. The number of nitrogens with one attached hydrogen (secondary N) is 1. The van der Waals surface area contributed by atoms with Gasteiger partial charge in [0.1, 0.15) is 11.0 Å². The van der Waals surface area contributed by atoms with Crippen molar-refractivity contribution in [2.45, 2.75) is 25.3 Å². The molecule has 1 heterocycles. The fourth-order valence-electron chi connectivity index (χ4n) is 1.77. The number of pyridine rings is 1. The highest BCUT2D eigenvalue weighted by Crippen LogP contribution is 2.18. The maximum absolute atomic E-state index is 8.82. The van der Waals surface area contributed by atoms with Crippen LogP contribution in [-0.2, 0) is 0 Å². The van der Waals surface area contributed by atoms with E-state index in [1.807, 2.05) is 0 Å². The average molecular weight is 234 g/mol. The zero-order valence-corrected chi connectivity index (χ0v) is 9.54. The Morgan fingerprint density at radius 3 is 3.00 bits per heavy atom. The van der Waals surface area contributed by atoms with Crippen LogP contribution >= 0.6 is 11.6 Å². The Morgan fingerprint density at radius 1 is 1.44 bits per heavy atom. The van der Waals surface area contributed by atoms with Crippen molar-refractivity contribution in [3.05, 3.63) is 35.0 Å². The van der Waals surface area contributed by atoms with Crippen LogP contribution in [0.15, 0.2) is 24.3 Å². The molecule has 1 aromatic rings. The SMILES string of the molecule is N#Cc1cc(Cl)nc(NC2CC=CCC2)c1.